The first-order valence-corrected chi connectivity index (χ1v) is 7.40. The van der Waals surface area contributed by atoms with E-state index in [9.17, 15) is 9.18 Å². The normalized spacial score (nSPS) is 12.2. The SMILES string of the molecule is CCCCCCC(C)NCC(=O)Nc1ccc(F)cc1. The molecule has 0 fully saturated rings. The molecule has 4 heteroatoms. The number of amides is 1. The van der Waals surface area contributed by atoms with Crippen molar-refractivity contribution < 1.29 is 9.18 Å². The average molecular weight is 280 g/mol. The van der Waals surface area contributed by atoms with E-state index in [-0.39, 0.29) is 18.3 Å². The van der Waals surface area contributed by atoms with Gasteiger partial charge >= 0.3 is 0 Å². The van der Waals surface area contributed by atoms with E-state index < -0.39 is 0 Å². The Morgan fingerprint density at radius 1 is 1.20 bits per heavy atom. The fourth-order valence-electron chi connectivity index (χ4n) is 1.98. The van der Waals surface area contributed by atoms with Crippen LogP contribution in [0.15, 0.2) is 24.3 Å². The van der Waals surface area contributed by atoms with Crippen LogP contribution in [0.3, 0.4) is 0 Å². The molecule has 0 aliphatic heterocycles. The molecule has 0 saturated heterocycles. The van der Waals surface area contributed by atoms with Crippen LogP contribution in [0.25, 0.3) is 0 Å². The van der Waals surface area contributed by atoms with Crippen molar-refractivity contribution in [3.63, 3.8) is 0 Å². The van der Waals surface area contributed by atoms with Crippen LogP contribution in [0.1, 0.15) is 46.0 Å². The van der Waals surface area contributed by atoms with Gasteiger partial charge in [-0.2, -0.15) is 0 Å². The zero-order valence-corrected chi connectivity index (χ0v) is 12.4. The number of nitrogens with one attached hydrogen (secondary N) is 2. The van der Waals surface area contributed by atoms with E-state index in [0.717, 1.165) is 6.42 Å². The predicted octanol–water partition coefficient (Wildman–Crippen LogP) is 3.71. The summed E-state index contributed by atoms with van der Waals surface area (Å²) in [7, 11) is 0. The number of carbonyl (C=O) groups excluding carboxylic acids is 1. The summed E-state index contributed by atoms with van der Waals surface area (Å²) in [6.07, 6.45) is 6.05. The summed E-state index contributed by atoms with van der Waals surface area (Å²) < 4.78 is 12.7. The van der Waals surface area contributed by atoms with Crippen molar-refractivity contribution in [2.45, 2.75) is 52.0 Å². The van der Waals surface area contributed by atoms with Crippen molar-refractivity contribution in [1.29, 1.82) is 0 Å². The fraction of sp³-hybridized carbons (Fsp3) is 0.562. The van der Waals surface area contributed by atoms with Crippen LogP contribution in [0, 0.1) is 5.82 Å². The molecule has 20 heavy (non-hydrogen) atoms. The van der Waals surface area contributed by atoms with Crippen molar-refractivity contribution in [2.75, 3.05) is 11.9 Å². The smallest absolute Gasteiger partial charge is 0.238 e. The van der Waals surface area contributed by atoms with Gasteiger partial charge in [0.15, 0.2) is 0 Å². The van der Waals surface area contributed by atoms with Gasteiger partial charge in [-0.15, -0.1) is 0 Å². The summed E-state index contributed by atoms with van der Waals surface area (Å²) in [5, 5.41) is 5.94. The molecular formula is C16H25FN2O. The molecule has 0 aromatic heterocycles. The second kappa shape index (κ2) is 9.48. The first-order chi connectivity index (χ1) is 9.61. The number of hydrogen-bond donors (Lipinski definition) is 2. The Hall–Kier alpha value is -1.42. The molecule has 1 atom stereocenters. The number of unbranched alkanes of at least 4 members (excludes halogenated alkanes) is 3. The maximum atomic E-state index is 12.7. The summed E-state index contributed by atoms with van der Waals surface area (Å²) in [6.45, 7) is 4.57. The van der Waals surface area contributed by atoms with E-state index in [0.29, 0.717) is 11.7 Å². The summed E-state index contributed by atoms with van der Waals surface area (Å²) in [6, 6.07) is 6.12. The monoisotopic (exact) mass is 280 g/mol. The molecule has 0 aliphatic carbocycles. The first-order valence-electron chi connectivity index (χ1n) is 7.40. The lowest BCUT2D eigenvalue weighted by Gasteiger charge is -2.13. The first kappa shape index (κ1) is 16.6. The summed E-state index contributed by atoms with van der Waals surface area (Å²) in [4.78, 5) is 11.7. The number of hydrogen-bond acceptors (Lipinski definition) is 2. The molecule has 0 heterocycles. The topological polar surface area (TPSA) is 41.1 Å². The Morgan fingerprint density at radius 2 is 1.90 bits per heavy atom. The zero-order valence-electron chi connectivity index (χ0n) is 12.4. The molecule has 2 N–H and O–H groups in total. The lowest BCUT2D eigenvalue weighted by atomic mass is 10.1. The maximum Gasteiger partial charge on any atom is 0.238 e. The Kier molecular flexibility index (Phi) is 7.88. The molecule has 0 saturated carbocycles. The molecule has 0 spiro atoms. The van der Waals surface area contributed by atoms with Crippen LogP contribution < -0.4 is 10.6 Å². The largest absolute Gasteiger partial charge is 0.325 e. The highest BCUT2D eigenvalue weighted by Gasteiger charge is 2.06. The Bertz CT molecular complexity index is 392. The van der Waals surface area contributed by atoms with E-state index in [1.165, 1.54) is 37.8 Å². The molecular weight excluding hydrogens is 255 g/mol. The highest BCUT2D eigenvalue weighted by atomic mass is 19.1. The van der Waals surface area contributed by atoms with Crippen LogP contribution in [-0.4, -0.2) is 18.5 Å². The Labute approximate surface area is 121 Å². The van der Waals surface area contributed by atoms with Crippen LogP contribution in [0.4, 0.5) is 10.1 Å². The Morgan fingerprint density at radius 3 is 2.55 bits per heavy atom. The highest BCUT2D eigenvalue weighted by molar-refractivity contribution is 5.92. The van der Waals surface area contributed by atoms with E-state index >= 15 is 0 Å². The quantitative estimate of drug-likeness (QED) is 0.677. The molecule has 3 nitrogen and oxygen atoms in total. The van der Waals surface area contributed by atoms with Crippen molar-refractivity contribution >= 4 is 11.6 Å². The van der Waals surface area contributed by atoms with Crippen molar-refractivity contribution in [3.8, 4) is 0 Å². The third-order valence-corrected chi connectivity index (χ3v) is 3.23. The van der Waals surface area contributed by atoms with Gasteiger partial charge in [0.05, 0.1) is 6.54 Å². The minimum Gasteiger partial charge on any atom is -0.325 e. The number of carbonyl (C=O) groups is 1. The van der Waals surface area contributed by atoms with Gasteiger partial charge < -0.3 is 10.6 Å². The Balaban J connectivity index is 2.17. The van der Waals surface area contributed by atoms with Gasteiger partial charge in [-0.05, 0) is 37.6 Å². The molecule has 0 radical (unpaired) electrons. The molecule has 1 aromatic carbocycles. The molecule has 112 valence electrons. The summed E-state index contributed by atoms with van der Waals surface area (Å²) in [5.74, 6) is -0.404. The summed E-state index contributed by atoms with van der Waals surface area (Å²) >= 11 is 0. The van der Waals surface area contributed by atoms with Crippen LogP contribution >= 0.6 is 0 Å². The minimum absolute atomic E-state index is 0.1000. The molecule has 1 rings (SSSR count). The van der Waals surface area contributed by atoms with E-state index in [1.807, 2.05) is 0 Å². The van der Waals surface area contributed by atoms with E-state index in [1.54, 1.807) is 12.1 Å². The third-order valence-electron chi connectivity index (χ3n) is 3.23. The highest BCUT2D eigenvalue weighted by Crippen LogP contribution is 2.08. The zero-order chi connectivity index (χ0) is 14.8. The minimum atomic E-state index is -0.304. The predicted molar refractivity (Wildman–Crippen MR) is 81.3 cm³/mol. The number of halogens is 1. The molecule has 0 aliphatic rings. The standard InChI is InChI=1S/C16H25FN2O/c1-3-4-5-6-7-13(2)18-12-16(20)19-15-10-8-14(17)9-11-15/h8-11,13,18H,3-7,12H2,1-2H3,(H,19,20). The van der Waals surface area contributed by atoms with E-state index in [2.05, 4.69) is 24.5 Å². The lowest BCUT2D eigenvalue weighted by Crippen LogP contribution is -2.34. The van der Waals surface area contributed by atoms with Crippen molar-refractivity contribution in [1.82, 2.24) is 5.32 Å². The average Bonchev–Trinajstić information content (AvgIpc) is 2.44. The molecule has 1 unspecified atom stereocenters. The van der Waals surface area contributed by atoms with Gasteiger partial charge in [-0.1, -0.05) is 32.6 Å². The number of anilines is 1. The number of benzene rings is 1. The fourth-order valence-corrected chi connectivity index (χ4v) is 1.98. The van der Waals surface area contributed by atoms with Gasteiger partial charge in [0.1, 0.15) is 5.82 Å². The van der Waals surface area contributed by atoms with Crippen molar-refractivity contribution in [3.05, 3.63) is 30.1 Å². The van der Waals surface area contributed by atoms with Gasteiger partial charge in [0.25, 0.3) is 0 Å². The second-order valence-electron chi connectivity index (χ2n) is 5.19. The van der Waals surface area contributed by atoms with Crippen LogP contribution in [0.5, 0.6) is 0 Å². The molecule has 1 amide bonds. The molecule has 1 aromatic rings. The van der Waals surface area contributed by atoms with Gasteiger partial charge in [-0.3, -0.25) is 4.79 Å². The maximum absolute atomic E-state index is 12.7. The summed E-state index contributed by atoms with van der Waals surface area (Å²) in [5.41, 5.74) is 0.619. The van der Waals surface area contributed by atoms with Crippen molar-refractivity contribution in [2.24, 2.45) is 0 Å². The van der Waals surface area contributed by atoms with Gasteiger partial charge in [-0.25, -0.2) is 4.39 Å². The lowest BCUT2D eigenvalue weighted by molar-refractivity contribution is -0.115. The van der Waals surface area contributed by atoms with Crippen LogP contribution in [-0.2, 0) is 4.79 Å². The second-order valence-corrected chi connectivity index (χ2v) is 5.19. The molecule has 0 bridgehead atoms. The van der Waals surface area contributed by atoms with Gasteiger partial charge in [0.2, 0.25) is 5.91 Å². The number of rotatable bonds is 9. The third kappa shape index (κ3) is 7.24. The van der Waals surface area contributed by atoms with Crippen LogP contribution in [0.2, 0.25) is 0 Å². The van der Waals surface area contributed by atoms with E-state index in [4.69, 9.17) is 0 Å². The van der Waals surface area contributed by atoms with Gasteiger partial charge in [0, 0.05) is 11.7 Å².